The Balaban J connectivity index is 1.77. The molecule has 0 unspecified atom stereocenters. The fourth-order valence-electron chi connectivity index (χ4n) is 2.72. The lowest BCUT2D eigenvalue weighted by molar-refractivity contribution is -0.122. The van der Waals surface area contributed by atoms with E-state index in [1.807, 2.05) is 31.2 Å². The molecular formula is C16H23ClN2O. The van der Waals surface area contributed by atoms with Gasteiger partial charge in [-0.3, -0.25) is 4.79 Å². The van der Waals surface area contributed by atoms with Crippen molar-refractivity contribution in [3.63, 3.8) is 0 Å². The number of rotatable bonds is 5. The average molecular weight is 295 g/mol. The second-order valence-corrected chi connectivity index (χ2v) is 5.95. The SMILES string of the molecule is C[C@@H](NC(=O)CCC1CCNCC1)c1ccccc1Cl. The predicted molar refractivity (Wildman–Crippen MR) is 82.8 cm³/mol. The van der Waals surface area contributed by atoms with E-state index in [9.17, 15) is 4.79 Å². The molecule has 0 spiro atoms. The van der Waals surface area contributed by atoms with Gasteiger partial charge in [-0.2, -0.15) is 0 Å². The van der Waals surface area contributed by atoms with E-state index in [1.54, 1.807) is 0 Å². The highest BCUT2D eigenvalue weighted by Crippen LogP contribution is 2.23. The number of hydrogen-bond donors (Lipinski definition) is 2. The van der Waals surface area contributed by atoms with Gasteiger partial charge in [0.2, 0.25) is 5.91 Å². The van der Waals surface area contributed by atoms with E-state index in [2.05, 4.69) is 10.6 Å². The zero-order chi connectivity index (χ0) is 14.4. The molecule has 1 aromatic rings. The van der Waals surface area contributed by atoms with Gasteiger partial charge in [-0.1, -0.05) is 29.8 Å². The Kier molecular flexibility index (Phi) is 5.86. The lowest BCUT2D eigenvalue weighted by Crippen LogP contribution is -2.30. The normalized spacial score (nSPS) is 17.7. The number of amides is 1. The predicted octanol–water partition coefficient (Wildman–Crippen LogP) is 3.30. The van der Waals surface area contributed by atoms with Crippen molar-refractivity contribution in [1.82, 2.24) is 10.6 Å². The van der Waals surface area contributed by atoms with Crippen molar-refractivity contribution in [2.24, 2.45) is 5.92 Å². The molecule has 1 aliphatic rings. The van der Waals surface area contributed by atoms with Gasteiger partial charge in [-0.15, -0.1) is 0 Å². The van der Waals surface area contributed by atoms with Crippen LogP contribution in [0.5, 0.6) is 0 Å². The van der Waals surface area contributed by atoms with Gasteiger partial charge >= 0.3 is 0 Å². The molecule has 1 aliphatic heterocycles. The van der Waals surface area contributed by atoms with Crippen LogP contribution in [0.15, 0.2) is 24.3 Å². The molecule has 0 bridgehead atoms. The van der Waals surface area contributed by atoms with Crippen LogP contribution in [0.1, 0.15) is 44.2 Å². The van der Waals surface area contributed by atoms with E-state index in [0.29, 0.717) is 17.4 Å². The summed E-state index contributed by atoms with van der Waals surface area (Å²) in [5.74, 6) is 0.813. The third-order valence-corrected chi connectivity index (χ3v) is 4.33. The summed E-state index contributed by atoms with van der Waals surface area (Å²) in [5, 5.41) is 7.09. The molecule has 2 rings (SSSR count). The molecule has 20 heavy (non-hydrogen) atoms. The minimum Gasteiger partial charge on any atom is -0.350 e. The van der Waals surface area contributed by atoms with Crippen molar-refractivity contribution in [3.8, 4) is 0 Å². The van der Waals surface area contributed by atoms with Crippen LogP contribution in [0.3, 0.4) is 0 Å². The number of carbonyl (C=O) groups is 1. The van der Waals surface area contributed by atoms with Gasteiger partial charge in [-0.25, -0.2) is 0 Å². The molecule has 3 nitrogen and oxygen atoms in total. The maximum atomic E-state index is 12.0. The largest absolute Gasteiger partial charge is 0.350 e. The Morgan fingerprint density at radius 3 is 2.80 bits per heavy atom. The molecule has 1 fully saturated rings. The van der Waals surface area contributed by atoms with Crippen LogP contribution in [0, 0.1) is 5.92 Å². The highest BCUT2D eigenvalue weighted by molar-refractivity contribution is 6.31. The summed E-state index contributed by atoms with van der Waals surface area (Å²) in [6, 6.07) is 7.62. The first-order valence-electron chi connectivity index (χ1n) is 7.41. The minimum absolute atomic E-state index is 0.0378. The third-order valence-electron chi connectivity index (χ3n) is 3.99. The number of nitrogens with one attached hydrogen (secondary N) is 2. The van der Waals surface area contributed by atoms with Gasteiger partial charge in [-0.05, 0) is 56.8 Å². The average Bonchev–Trinajstić information content (AvgIpc) is 2.46. The zero-order valence-corrected chi connectivity index (χ0v) is 12.7. The standard InChI is InChI=1S/C16H23ClN2O/c1-12(14-4-2-3-5-15(14)17)19-16(20)7-6-13-8-10-18-11-9-13/h2-5,12-13,18H,6-11H2,1H3,(H,19,20)/t12-/m1/s1. The second kappa shape index (κ2) is 7.65. The topological polar surface area (TPSA) is 41.1 Å². The fourth-order valence-corrected chi connectivity index (χ4v) is 3.02. The molecule has 0 saturated carbocycles. The monoisotopic (exact) mass is 294 g/mol. The molecule has 2 N–H and O–H groups in total. The van der Waals surface area contributed by atoms with Crippen molar-refractivity contribution < 1.29 is 4.79 Å². The van der Waals surface area contributed by atoms with E-state index in [4.69, 9.17) is 11.6 Å². The van der Waals surface area contributed by atoms with Gasteiger partial charge in [0.15, 0.2) is 0 Å². The molecule has 4 heteroatoms. The van der Waals surface area contributed by atoms with E-state index in [0.717, 1.165) is 25.1 Å². The van der Waals surface area contributed by atoms with Gasteiger partial charge in [0, 0.05) is 11.4 Å². The molecule has 0 aliphatic carbocycles. The molecule has 110 valence electrons. The summed E-state index contributed by atoms with van der Waals surface area (Å²) < 4.78 is 0. The summed E-state index contributed by atoms with van der Waals surface area (Å²) >= 11 is 6.14. The summed E-state index contributed by atoms with van der Waals surface area (Å²) in [5.41, 5.74) is 0.976. The minimum atomic E-state index is -0.0378. The smallest absolute Gasteiger partial charge is 0.220 e. The number of halogens is 1. The second-order valence-electron chi connectivity index (χ2n) is 5.54. The Morgan fingerprint density at radius 2 is 2.10 bits per heavy atom. The van der Waals surface area contributed by atoms with E-state index < -0.39 is 0 Å². The highest BCUT2D eigenvalue weighted by Gasteiger charge is 2.16. The van der Waals surface area contributed by atoms with Crippen LogP contribution in [0.25, 0.3) is 0 Å². The van der Waals surface area contributed by atoms with Crippen molar-refractivity contribution in [2.75, 3.05) is 13.1 Å². The number of benzene rings is 1. The first kappa shape index (κ1) is 15.3. The summed E-state index contributed by atoms with van der Waals surface area (Å²) in [7, 11) is 0. The van der Waals surface area contributed by atoms with E-state index in [-0.39, 0.29) is 11.9 Å². The van der Waals surface area contributed by atoms with Crippen LogP contribution in [0.2, 0.25) is 5.02 Å². The van der Waals surface area contributed by atoms with Crippen molar-refractivity contribution >= 4 is 17.5 Å². The number of carbonyl (C=O) groups excluding carboxylic acids is 1. The summed E-state index contributed by atoms with van der Waals surface area (Å²) in [6.07, 6.45) is 3.98. The summed E-state index contributed by atoms with van der Waals surface area (Å²) in [6.45, 7) is 4.15. The zero-order valence-electron chi connectivity index (χ0n) is 12.0. The first-order chi connectivity index (χ1) is 9.66. The van der Waals surface area contributed by atoms with E-state index in [1.165, 1.54) is 12.8 Å². The van der Waals surface area contributed by atoms with Crippen LogP contribution in [-0.4, -0.2) is 19.0 Å². The van der Waals surface area contributed by atoms with Crippen molar-refractivity contribution in [1.29, 1.82) is 0 Å². The number of piperidine rings is 1. The molecule has 1 aromatic carbocycles. The summed E-state index contributed by atoms with van der Waals surface area (Å²) in [4.78, 5) is 12.0. The van der Waals surface area contributed by atoms with Gasteiger partial charge in [0.05, 0.1) is 6.04 Å². The van der Waals surface area contributed by atoms with Crippen LogP contribution >= 0.6 is 11.6 Å². The van der Waals surface area contributed by atoms with Gasteiger partial charge in [0.25, 0.3) is 0 Å². The van der Waals surface area contributed by atoms with Gasteiger partial charge in [0.1, 0.15) is 0 Å². The Hall–Kier alpha value is -1.06. The fraction of sp³-hybridized carbons (Fsp3) is 0.562. The molecular weight excluding hydrogens is 272 g/mol. The molecule has 1 amide bonds. The lowest BCUT2D eigenvalue weighted by Gasteiger charge is -2.22. The maximum absolute atomic E-state index is 12.0. The van der Waals surface area contributed by atoms with Crippen LogP contribution in [-0.2, 0) is 4.79 Å². The van der Waals surface area contributed by atoms with E-state index >= 15 is 0 Å². The van der Waals surface area contributed by atoms with Crippen molar-refractivity contribution in [3.05, 3.63) is 34.9 Å². The van der Waals surface area contributed by atoms with Crippen LogP contribution in [0.4, 0.5) is 0 Å². The third kappa shape index (κ3) is 4.50. The van der Waals surface area contributed by atoms with Crippen LogP contribution < -0.4 is 10.6 Å². The first-order valence-corrected chi connectivity index (χ1v) is 7.79. The molecule has 1 saturated heterocycles. The Morgan fingerprint density at radius 1 is 1.40 bits per heavy atom. The molecule has 0 radical (unpaired) electrons. The highest BCUT2D eigenvalue weighted by atomic mass is 35.5. The van der Waals surface area contributed by atoms with Crippen molar-refractivity contribution in [2.45, 2.75) is 38.6 Å². The van der Waals surface area contributed by atoms with Gasteiger partial charge < -0.3 is 10.6 Å². The Bertz CT molecular complexity index is 444. The molecule has 1 atom stereocenters. The Labute approximate surface area is 126 Å². The molecule has 0 aromatic heterocycles. The quantitative estimate of drug-likeness (QED) is 0.875. The maximum Gasteiger partial charge on any atom is 0.220 e. The number of hydrogen-bond acceptors (Lipinski definition) is 2. The lowest BCUT2D eigenvalue weighted by atomic mass is 9.93. The molecule has 1 heterocycles.